The second-order valence-electron chi connectivity index (χ2n) is 3.73. The smallest absolute Gasteiger partial charge is 0.0850 e. The van der Waals surface area contributed by atoms with Crippen molar-refractivity contribution in [3.63, 3.8) is 0 Å². The molecule has 1 heterocycles. The van der Waals surface area contributed by atoms with Gasteiger partial charge >= 0.3 is 0 Å². The highest BCUT2D eigenvalue weighted by molar-refractivity contribution is 5.24. The van der Waals surface area contributed by atoms with Gasteiger partial charge in [-0.1, -0.05) is 37.6 Å². The summed E-state index contributed by atoms with van der Waals surface area (Å²) < 4.78 is 5.21. The predicted octanol–water partition coefficient (Wildman–Crippen LogP) is 2.58. The van der Waals surface area contributed by atoms with E-state index < -0.39 is 0 Å². The highest BCUT2D eigenvalue weighted by Gasteiger charge is 2.22. The van der Waals surface area contributed by atoms with Gasteiger partial charge in [-0.25, -0.2) is 0 Å². The first-order valence-electron chi connectivity index (χ1n) is 5.08. The average molecular weight is 176 g/mol. The van der Waals surface area contributed by atoms with Gasteiger partial charge in [-0.3, -0.25) is 0 Å². The van der Waals surface area contributed by atoms with E-state index in [1.165, 1.54) is 24.0 Å². The molecule has 1 unspecified atom stereocenters. The predicted molar refractivity (Wildman–Crippen MR) is 53.9 cm³/mol. The van der Waals surface area contributed by atoms with E-state index in [0.29, 0.717) is 6.10 Å². The average Bonchev–Trinajstić information content (AvgIpc) is 2.90. The lowest BCUT2D eigenvalue weighted by atomic mass is 10.0. The first-order chi connectivity index (χ1) is 6.38. The second kappa shape index (κ2) is 3.93. The van der Waals surface area contributed by atoms with Crippen LogP contribution in [0.2, 0.25) is 0 Å². The molecule has 0 aromatic heterocycles. The third-order valence-electron chi connectivity index (χ3n) is 2.40. The lowest BCUT2D eigenvalue weighted by Gasteiger charge is -2.02. The first-order valence-corrected chi connectivity index (χ1v) is 5.08. The molecule has 1 aliphatic heterocycles. The van der Waals surface area contributed by atoms with Crippen molar-refractivity contribution in [3.05, 3.63) is 35.4 Å². The molecule has 0 bridgehead atoms. The molecule has 1 nitrogen and oxygen atoms in total. The number of benzene rings is 1. The molecule has 1 saturated heterocycles. The fourth-order valence-electron chi connectivity index (χ4n) is 1.65. The summed E-state index contributed by atoms with van der Waals surface area (Å²) in [6, 6.07) is 8.87. The Hall–Kier alpha value is -0.820. The molecule has 0 N–H and O–H groups in total. The fraction of sp³-hybridized carbons (Fsp3) is 0.500. The van der Waals surface area contributed by atoms with Crippen molar-refractivity contribution in [3.8, 4) is 0 Å². The second-order valence-corrected chi connectivity index (χ2v) is 3.73. The van der Waals surface area contributed by atoms with Crippen LogP contribution in [0.3, 0.4) is 0 Å². The summed E-state index contributed by atoms with van der Waals surface area (Å²) in [5, 5.41) is 0. The Kier molecular flexibility index (Phi) is 2.65. The number of ether oxygens (including phenoxy) is 1. The van der Waals surface area contributed by atoms with Crippen molar-refractivity contribution in [2.24, 2.45) is 0 Å². The van der Waals surface area contributed by atoms with Crippen molar-refractivity contribution < 1.29 is 4.74 Å². The molecule has 1 heteroatoms. The van der Waals surface area contributed by atoms with Gasteiger partial charge in [-0.05, 0) is 17.5 Å². The van der Waals surface area contributed by atoms with E-state index in [1.54, 1.807) is 0 Å². The quantitative estimate of drug-likeness (QED) is 0.642. The minimum absolute atomic E-state index is 0.511. The van der Waals surface area contributed by atoms with Crippen LogP contribution in [0.15, 0.2) is 24.3 Å². The van der Waals surface area contributed by atoms with Crippen molar-refractivity contribution >= 4 is 0 Å². The standard InChI is InChI=1S/C12H16O/c1-2-4-10-5-3-6-11(7-10)8-12-9-13-12/h3,5-7,12H,2,4,8-9H2,1H3. The number of hydrogen-bond acceptors (Lipinski definition) is 1. The van der Waals surface area contributed by atoms with E-state index >= 15 is 0 Å². The van der Waals surface area contributed by atoms with Crippen LogP contribution in [0.25, 0.3) is 0 Å². The van der Waals surface area contributed by atoms with Gasteiger partial charge in [-0.15, -0.1) is 0 Å². The Morgan fingerprint density at radius 1 is 1.38 bits per heavy atom. The Morgan fingerprint density at radius 3 is 2.85 bits per heavy atom. The maximum Gasteiger partial charge on any atom is 0.0850 e. The van der Waals surface area contributed by atoms with E-state index in [-0.39, 0.29) is 0 Å². The highest BCUT2D eigenvalue weighted by atomic mass is 16.6. The molecular formula is C12H16O. The lowest BCUT2D eigenvalue weighted by molar-refractivity contribution is 0.407. The van der Waals surface area contributed by atoms with Crippen molar-refractivity contribution in [2.45, 2.75) is 32.3 Å². The molecule has 1 aromatic carbocycles. The maximum atomic E-state index is 5.21. The monoisotopic (exact) mass is 176 g/mol. The van der Waals surface area contributed by atoms with Crippen LogP contribution in [0.5, 0.6) is 0 Å². The molecule has 1 atom stereocenters. The first kappa shape index (κ1) is 8.76. The van der Waals surface area contributed by atoms with Crippen LogP contribution in [0, 0.1) is 0 Å². The summed E-state index contributed by atoms with van der Waals surface area (Å²) in [5.41, 5.74) is 2.88. The molecule has 2 rings (SSSR count). The van der Waals surface area contributed by atoms with Crippen molar-refractivity contribution in [2.75, 3.05) is 6.61 Å². The van der Waals surface area contributed by atoms with Gasteiger partial charge in [0.1, 0.15) is 0 Å². The van der Waals surface area contributed by atoms with Crippen molar-refractivity contribution in [1.29, 1.82) is 0 Å². The van der Waals surface area contributed by atoms with Crippen LogP contribution in [-0.2, 0) is 17.6 Å². The molecule has 0 radical (unpaired) electrons. The van der Waals surface area contributed by atoms with E-state index in [4.69, 9.17) is 4.74 Å². The van der Waals surface area contributed by atoms with Crippen LogP contribution in [-0.4, -0.2) is 12.7 Å². The third-order valence-corrected chi connectivity index (χ3v) is 2.40. The van der Waals surface area contributed by atoms with Crippen LogP contribution < -0.4 is 0 Å². The van der Waals surface area contributed by atoms with Crippen LogP contribution in [0.1, 0.15) is 24.5 Å². The number of hydrogen-bond donors (Lipinski definition) is 0. The van der Waals surface area contributed by atoms with Crippen LogP contribution in [0.4, 0.5) is 0 Å². The molecule has 0 amide bonds. The number of rotatable bonds is 4. The summed E-state index contributed by atoms with van der Waals surface area (Å²) in [6.07, 6.45) is 4.03. The molecule has 0 saturated carbocycles. The molecular weight excluding hydrogens is 160 g/mol. The molecule has 0 aliphatic carbocycles. The maximum absolute atomic E-state index is 5.21. The lowest BCUT2D eigenvalue weighted by Crippen LogP contribution is -1.94. The molecule has 70 valence electrons. The van der Waals surface area contributed by atoms with Gasteiger partial charge in [0.05, 0.1) is 12.7 Å². The molecule has 0 spiro atoms. The number of epoxide rings is 1. The molecule has 13 heavy (non-hydrogen) atoms. The van der Waals surface area contributed by atoms with Gasteiger partial charge in [0.2, 0.25) is 0 Å². The highest BCUT2D eigenvalue weighted by Crippen LogP contribution is 2.17. The Balaban J connectivity index is 2.02. The summed E-state index contributed by atoms with van der Waals surface area (Å²) in [6.45, 7) is 3.18. The van der Waals surface area contributed by atoms with Crippen LogP contribution >= 0.6 is 0 Å². The summed E-state index contributed by atoms with van der Waals surface area (Å²) >= 11 is 0. The minimum atomic E-state index is 0.511. The Labute approximate surface area is 79.7 Å². The normalized spacial score (nSPS) is 20.2. The van der Waals surface area contributed by atoms with E-state index in [0.717, 1.165) is 13.0 Å². The molecule has 1 aliphatic rings. The Morgan fingerprint density at radius 2 is 2.15 bits per heavy atom. The third kappa shape index (κ3) is 2.56. The van der Waals surface area contributed by atoms with Gasteiger partial charge in [-0.2, -0.15) is 0 Å². The summed E-state index contributed by atoms with van der Waals surface area (Å²) in [7, 11) is 0. The zero-order chi connectivity index (χ0) is 9.10. The largest absolute Gasteiger partial charge is 0.373 e. The van der Waals surface area contributed by atoms with E-state index in [9.17, 15) is 0 Å². The van der Waals surface area contributed by atoms with Gasteiger partial charge in [0.15, 0.2) is 0 Å². The van der Waals surface area contributed by atoms with E-state index in [1.807, 2.05) is 0 Å². The van der Waals surface area contributed by atoms with Gasteiger partial charge in [0.25, 0.3) is 0 Å². The van der Waals surface area contributed by atoms with Gasteiger partial charge < -0.3 is 4.74 Å². The van der Waals surface area contributed by atoms with Crippen molar-refractivity contribution in [1.82, 2.24) is 0 Å². The topological polar surface area (TPSA) is 12.5 Å². The zero-order valence-corrected chi connectivity index (χ0v) is 8.12. The molecule has 1 fully saturated rings. The summed E-state index contributed by atoms with van der Waals surface area (Å²) in [5.74, 6) is 0. The fourth-order valence-corrected chi connectivity index (χ4v) is 1.65. The van der Waals surface area contributed by atoms with E-state index in [2.05, 4.69) is 31.2 Å². The summed E-state index contributed by atoms with van der Waals surface area (Å²) in [4.78, 5) is 0. The zero-order valence-electron chi connectivity index (χ0n) is 8.12. The minimum Gasteiger partial charge on any atom is -0.373 e. The SMILES string of the molecule is CCCc1cccc(CC2CO2)c1. The molecule has 1 aromatic rings. The van der Waals surface area contributed by atoms with Gasteiger partial charge in [0, 0.05) is 6.42 Å². The number of aryl methyl sites for hydroxylation is 1. The Bertz CT molecular complexity index is 276.